The average molecular weight is 276 g/mol. The van der Waals surface area contributed by atoms with Crippen molar-refractivity contribution in [2.45, 2.75) is 19.5 Å². The van der Waals surface area contributed by atoms with E-state index in [1.807, 2.05) is 13.1 Å². The first-order chi connectivity index (χ1) is 9.56. The van der Waals surface area contributed by atoms with E-state index in [0.29, 0.717) is 18.7 Å². The van der Waals surface area contributed by atoms with E-state index in [-0.39, 0.29) is 5.82 Å². The Balaban J connectivity index is 1.96. The highest BCUT2D eigenvalue weighted by molar-refractivity contribution is 5.81. The first kappa shape index (κ1) is 14.2. The lowest BCUT2D eigenvalue weighted by molar-refractivity contribution is -0.120. The SMILES string of the molecule is Cc1cnn(CCNC(C(N)=O)c2ccc(F)cc2)c1. The molecule has 3 N–H and O–H groups in total. The number of amides is 1. The van der Waals surface area contributed by atoms with Crippen molar-refractivity contribution in [2.75, 3.05) is 6.54 Å². The molecule has 1 unspecified atom stereocenters. The summed E-state index contributed by atoms with van der Waals surface area (Å²) in [4.78, 5) is 11.5. The summed E-state index contributed by atoms with van der Waals surface area (Å²) < 4.78 is 14.7. The number of carbonyl (C=O) groups excluding carboxylic acids is 1. The fraction of sp³-hybridized carbons (Fsp3) is 0.286. The molecule has 0 fully saturated rings. The third-order valence-corrected chi connectivity index (χ3v) is 2.94. The third kappa shape index (κ3) is 3.64. The van der Waals surface area contributed by atoms with Gasteiger partial charge in [-0.15, -0.1) is 0 Å². The number of primary amides is 1. The van der Waals surface area contributed by atoms with Crippen molar-refractivity contribution < 1.29 is 9.18 Å². The second kappa shape index (κ2) is 6.29. The smallest absolute Gasteiger partial charge is 0.239 e. The number of nitrogens with two attached hydrogens (primary N) is 1. The quantitative estimate of drug-likeness (QED) is 0.831. The molecule has 0 radical (unpaired) electrons. The van der Waals surface area contributed by atoms with Crippen LogP contribution in [0.3, 0.4) is 0 Å². The average Bonchev–Trinajstić information content (AvgIpc) is 2.81. The Hall–Kier alpha value is -2.21. The number of hydrogen-bond acceptors (Lipinski definition) is 3. The second-order valence-corrected chi connectivity index (χ2v) is 4.62. The maximum Gasteiger partial charge on any atom is 0.239 e. The zero-order valence-corrected chi connectivity index (χ0v) is 11.2. The molecule has 0 spiro atoms. The number of nitrogens with zero attached hydrogens (tertiary/aromatic N) is 2. The molecule has 1 amide bonds. The number of hydrogen-bond donors (Lipinski definition) is 2. The van der Waals surface area contributed by atoms with Crippen molar-refractivity contribution in [3.8, 4) is 0 Å². The second-order valence-electron chi connectivity index (χ2n) is 4.62. The minimum atomic E-state index is -0.632. The summed E-state index contributed by atoms with van der Waals surface area (Å²) in [7, 11) is 0. The highest BCUT2D eigenvalue weighted by Gasteiger charge is 2.16. The van der Waals surface area contributed by atoms with Gasteiger partial charge in [0.1, 0.15) is 11.9 Å². The summed E-state index contributed by atoms with van der Waals surface area (Å²) >= 11 is 0. The zero-order chi connectivity index (χ0) is 14.5. The molecule has 1 aromatic heterocycles. The van der Waals surface area contributed by atoms with Crippen molar-refractivity contribution >= 4 is 5.91 Å². The molecule has 2 aromatic rings. The Bertz CT molecular complexity index is 579. The van der Waals surface area contributed by atoms with Gasteiger partial charge in [0, 0.05) is 12.7 Å². The number of aromatic nitrogens is 2. The number of rotatable bonds is 6. The van der Waals surface area contributed by atoms with Crippen LogP contribution in [0.1, 0.15) is 17.2 Å². The van der Waals surface area contributed by atoms with Crippen LogP contribution in [0, 0.1) is 12.7 Å². The predicted octanol–water partition coefficient (Wildman–Crippen LogP) is 1.15. The van der Waals surface area contributed by atoms with E-state index in [9.17, 15) is 9.18 Å². The van der Waals surface area contributed by atoms with Crippen LogP contribution in [0.2, 0.25) is 0 Å². The molecule has 1 atom stereocenters. The lowest BCUT2D eigenvalue weighted by atomic mass is 10.1. The van der Waals surface area contributed by atoms with Gasteiger partial charge in [0.15, 0.2) is 0 Å². The highest BCUT2D eigenvalue weighted by Crippen LogP contribution is 2.13. The van der Waals surface area contributed by atoms with Crippen molar-refractivity contribution in [3.63, 3.8) is 0 Å². The Morgan fingerprint density at radius 3 is 2.70 bits per heavy atom. The van der Waals surface area contributed by atoms with Crippen LogP contribution in [0.25, 0.3) is 0 Å². The standard InChI is InChI=1S/C14H17FN4O/c1-10-8-18-19(9-10)7-6-17-13(14(16)20)11-2-4-12(15)5-3-11/h2-5,8-9,13,17H,6-7H2,1H3,(H2,16,20). The number of halogens is 1. The molecular weight excluding hydrogens is 259 g/mol. The van der Waals surface area contributed by atoms with E-state index >= 15 is 0 Å². The molecule has 0 saturated heterocycles. The number of nitrogens with one attached hydrogen (secondary N) is 1. The Labute approximate surface area is 116 Å². The van der Waals surface area contributed by atoms with E-state index < -0.39 is 11.9 Å². The highest BCUT2D eigenvalue weighted by atomic mass is 19.1. The number of aryl methyl sites for hydroxylation is 1. The molecular formula is C14H17FN4O. The Morgan fingerprint density at radius 1 is 1.45 bits per heavy atom. The monoisotopic (exact) mass is 276 g/mol. The van der Waals surface area contributed by atoms with Gasteiger partial charge < -0.3 is 11.1 Å². The lowest BCUT2D eigenvalue weighted by Gasteiger charge is -2.15. The van der Waals surface area contributed by atoms with Gasteiger partial charge >= 0.3 is 0 Å². The van der Waals surface area contributed by atoms with Crippen LogP contribution in [0.5, 0.6) is 0 Å². The first-order valence-electron chi connectivity index (χ1n) is 6.33. The van der Waals surface area contributed by atoms with E-state index in [0.717, 1.165) is 5.56 Å². The minimum Gasteiger partial charge on any atom is -0.368 e. The summed E-state index contributed by atoms with van der Waals surface area (Å²) in [5, 5.41) is 7.21. The summed E-state index contributed by atoms with van der Waals surface area (Å²) in [6.07, 6.45) is 3.68. The Kier molecular flexibility index (Phi) is 4.47. The van der Waals surface area contributed by atoms with Gasteiger partial charge in [-0.05, 0) is 30.2 Å². The molecule has 0 aliphatic heterocycles. The van der Waals surface area contributed by atoms with Crippen molar-refractivity contribution in [1.29, 1.82) is 0 Å². The topological polar surface area (TPSA) is 72.9 Å². The largest absolute Gasteiger partial charge is 0.368 e. The molecule has 106 valence electrons. The molecule has 0 aliphatic rings. The fourth-order valence-electron chi connectivity index (χ4n) is 1.95. The summed E-state index contributed by atoms with van der Waals surface area (Å²) in [5.74, 6) is -0.836. The van der Waals surface area contributed by atoms with Gasteiger partial charge in [0.25, 0.3) is 0 Å². The molecule has 0 bridgehead atoms. The fourth-order valence-corrected chi connectivity index (χ4v) is 1.95. The molecule has 2 rings (SSSR count). The van der Waals surface area contributed by atoms with Gasteiger partial charge in [0.2, 0.25) is 5.91 Å². The Morgan fingerprint density at radius 2 is 2.15 bits per heavy atom. The van der Waals surface area contributed by atoms with Crippen LogP contribution < -0.4 is 11.1 Å². The van der Waals surface area contributed by atoms with Crippen LogP contribution >= 0.6 is 0 Å². The molecule has 0 aliphatic carbocycles. The van der Waals surface area contributed by atoms with E-state index in [4.69, 9.17) is 5.73 Å². The van der Waals surface area contributed by atoms with Crippen LogP contribution in [0.15, 0.2) is 36.7 Å². The first-order valence-corrected chi connectivity index (χ1v) is 6.33. The summed E-state index contributed by atoms with van der Waals surface area (Å²) in [6.45, 7) is 3.12. The molecule has 1 aromatic carbocycles. The minimum absolute atomic E-state index is 0.344. The molecule has 1 heterocycles. The van der Waals surface area contributed by atoms with E-state index in [1.165, 1.54) is 12.1 Å². The van der Waals surface area contributed by atoms with Crippen LogP contribution in [-0.4, -0.2) is 22.2 Å². The van der Waals surface area contributed by atoms with Crippen LogP contribution in [0.4, 0.5) is 4.39 Å². The van der Waals surface area contributed by atoms with Crippen molar-refractivity contribution in [2.24, 2.45) is 5.73 Å². The summed E-state index contributed by atoms with van der Waals surface area (Å²) in [6, 6.07) is 5.09. The lowest BCUT2D eigenvalue weighted by Crippen LogP contribution is -2.35. The number of carbonyl (C=O) groups is 1. The number of benzene rings is 1. The van der Waals surface area contributed by atoms with Gasteiger partial charge in [-0.3, -0.25) is 9.48 Å². The maximum absolute atomic E-state index is 12.9. The molecule has 20 heavy (non-hydrogen) atoms. The van der Waals surface area contributed by atoms with Gasteiger partial charge in [-0.1, -0.05) is 12.1 Å². The summed E-state index contributed by atoms with van der Waals surface area (Å²) in [5.41, 5.74) is 7.10. The van der Waals surface area contributed by atoms with Gasteiger partial charge in [-0.2, -0.15) is 5.10 Å². The third-order valence-electron chi connectivity index (χ3n) is 2.94. The van der Waals surface area contributed by atoms with Crippen molar-refractivity contribution in [3.05, 3.63) is 53.6 Å². The normalized spacial score (nSPS) is 12.3. The van der Waals surface area contributed by atoms with E-state index in [2.05, 4.69) is 10.4 Å². The van der Waals surface area contributed by atoms with E-state index in [1.54, 1.807) is 23.0 Å². The van der Waals surface area contributed by atoms with Crippen LogP contribution in [-0.2, 0) is 11.3 Å². The molecule has 5 nitrogen and oxygen atoms in total. The van der Waals surface area contributed by atoms with Crippen molar-refractivity contribution in [1.82, 2.24) is 15.1 Å². The van der Waals surface area contributed by atoms with Gasteiger partial charge in [-0.25, -0.2) is 4.39 Å². The zero-order valence-electron chi connectivity index (χ0n) is 11.2. The molecule has 0 saturated carbocycles. The molecule has 6 heteroatoms. The maximum atomic E-state index is 12.9. The predicted molar refractivity (Wildman–Crippen MR) is 73.3 cm³/mol. The van der Waals surface area contributed by atoms with Gasteiger partial charge in [0.05, 0.1) is 12.7 Å².